The topological polar surface area (TPSA) is 195 Å². The zero-order chi connectivity index (χ0) is 41.1. The van der Waals surface area contributed by atoms with Crippen molar-refractivity contribution >= 4 is 17.7 Å². The Bertz CT molecular complexity index is 1960. The molecule has 2 aromatic carbocycles. The number of benzene rings is 2. The number of aromatic hydroxyl groups is 1. The second-order valence-electron chi connectivity index (χ2n) is 17.2. The van der Waals surface area contributed by atoms with Gasteiger partial charge in [0.25, 0.3) is 0 Å². The lowest BCUT2D eigenvalue weighted by atomic mass is 9.55. The van der Waals surface area contributed by atoms with Crippen LogP contribution in [0, 0.1) is 17.8 Å². The molecule has 2 aliphatic carbocycles. The monoisotopic (exact) mass is 788 g/mol. The maximum Gasteiger partial charge on any atom is 0.362 e. The van der Waals surface area contributed by atoms with Crippen molar-refractivity contribution in [3.05, 3.63) is 82.7 Å². The number of carbonyl (C=O) groups is 2. The van der Waals surface area contributed by atoms with Crippen molar-refractivity contribution in [1.82, 2.24) is 15.0 Å². The van der Waals surface area contributed by atoms with Crippen molar-refractivity contribution in [3.8, 4) is 11.5 Å². The van der Waals surface area contributed by atoms with Crippen molar-refractivity contribution in [2.45, 2.75) is 122 Å². The molecule has 1 fully saturated rings. The Hall–Kier alpha value is -4.79. The van der Waals surface area contributed by atoms with Gasteiger partial charge in [-0.3, -0.25) is 0 Å². The first-order chi connectivity index (χ1) is 27.0. The van der Waals surface area contributed by atoms with E-state index >= 15 is 0 Å². The number of carbonyl (C=O) groups excluding carboxylic acids is 2. The number of aromatic nitrogens is 3. The fourth-order valence-electron chi connectivity index (χ4n) is 8.46. The van der Waals surface area contributed by atoms with Gasteiger partial charge < -0.3 is 39.5 Å². The third-order valence-corrected chi connectivity index (χ3v) is 10.7. The molecule has 0 unspecified atom stereocenters. The molecule has 6 rings (SSSR count). The minimum atomic E-state index is -2.11. The number of oxime groups is 1. The van der Waals surface area contributed by atoms with Gasteiger partial charge >= 0.3 is 11.9 Å². The van der Waals surface area contributed by atoms with Gasteiger partial charge in [0.05, 0.1) is 11.6 Å². The minimum absolute atomic E-state index is 0.0266. The molecule has 3 aromatic rings. The lowest BCUT2D eigenvalue weighted by Gasteiger charge is -2.56. The van der Waals surface area contributed by atoms with Crippen LogP contribution in [-0.2, 0) is 20.9 Å². The van der Waals surface area contributed by atoms with Crippen LogP contribution in [0.5, 0.6) is 11.5 Å². The molecule has 0 spiro atoms. The standard InChI is InChI=1S/C43H56N4O10/c1-41(2,3)56-39(51)37-38(40(52)57-42(4,5)6)47(46-44-37)34-24-32(45-54-25-26-14-8-7-9-15-26)30-22-27(16-10-12-20-48)29(17-11-13-21-49)35-31-23-28(50)18-19-33(31)55-43(34,53)36(30)35/h7-9,14-15,18-19,22-23,27,29,34-36,48-50,53H,10-13,16-17,20-21,24-25H2,1-6H3/t27-,29+,34-,35+,36+,43+/m0/s1. The molecule has 1 saturated carbocycles. The summed E-state index contributed by atoms with van der Waals surface area (Å²) in [5.74, 6) is -4.97. The highest BCUT2D eigenvalue weighted by Gasteiger charge is 2.64. The van der Waals surface area contributed by atoms with Gasteiger partial charge in [-0.05, 0) is 108 Å². The number of unbranched alkanes of at least 4 members (excludes halogenated alkanes) is 2. The van der Waals surface area contributed by atoms with Crippen LogP contribution in [0.4, 0.5) is 0 Å². The number of fused-ring (bicyclic) bond motifs is 2. The molecule has 0 bridgehead atoms. The molecule has 0 saturated heterocycles. The number of hydrogen-bond acceptors (Lipinski definition) is 13. The number of rotatable bonds is 14. The molecule has 0 amide bonds. The summed E-state index contributed by atoms with van der Waals surface area (Å²) in [6, 6.07) is 13.1. The first-order valence-electron chi connectivity index (χ1n) is 19.9. The first kappa shape index (κ1) is 41.8. The lowest BCUT2D eigenvalue weighted by molar-refractivity contribution is -0.225. The molecule has 308 valence electrons. The molecule has 14 nitrogen and oxygen atoms in total. The summed E-state index contributed by atoms with van der Waals surface area (Å²) < 4.78 is 19.4. The Labute approximate surface area is 333 Å². The molecule has 2 heterocycles. The molecule has 0 radical (unpaired) electrons. The number of aliphatic hydroxyl groups excluding tert-OH is 2. The number of ether oxygens (including phenoxy) is 3. The average molecular weight is 789 g/mol. The number of nitrogens with zero attached hydrogens (tertiary/aromatic N) is 4. The van der Waals surface area contributed by atoms with Crippen molar-refractivity contribution in [3.63, 3.8) is 0 Å². The molecule has 1 aromatic heterocycles. The number of hydrogen-bond donors (Lipinski definition) is 4. The number of esters is 2. The van der Waals surface area contributed by atoms with Gasteiger partial charge in [0.15, 0.2) is 5.69 Å². The van der Waals surface area contributed by atoms with E-state index in [9.17, 15) is 30.0 Å². The third-order valence-electron chi connectivity index (χ3n) is 10.7. The normalized spacial score (nSPS) is 24.8. The maximum absolute atomic E-state index is 14.2. The smallest absolute Gasteiger partial charge is 0.362 e. The van der Waals surface area contributed by atoms with Gasteiger partial charge in [0.1, 0.15) is 35.3 Å². The Morgan fingerprint density at radius 1 is 0.930 bits per heavy atom. The summed E-state index contributed by atoms with van der Waals surface area (Å²) in [5, 5.41) is 57.0. The van der Waals surface area contributed by atoms with Crippen LogP contribution in [0.1, 0.15) is 131 Å². The summed E-state index contributed by atoms with van der Waals surface area (Å²) >= 11 is 0. The largest absolute Gasteiger partial charge is 0.508 e. The van der Waals surface area contributed by atoms with Crippen molar-refractivity contribution in [2.75, 3.05) is 13.2 Å². The Morgan fingerprint density at radius 3 is 2.26 bits per heavy atom. The molecule has 1 aliphatic heterocycles. The molecule has 6 atom stereocenters. The summed E-state index contributed by atoms with van der Waals surface area (Å²) in [4.78, 5) is 33.9. The maximum atomic E-state index is 14.2. The van der Waals surface area contributed by atoms with Crippen molar-refractivity contribution in [1.29, 1.82) is 0 Å². The fraction of sp³-hybridized carbons (Fsp3) is 0.558. The highest BCUT2D eigenvalue weighted by Crippen LogP contribution is 2.62. The second-order valence-corrected chi connectivity index (χ2v) is 17.2. The molecular weight excluding hydrogens is 732 g/mol. The Morgan fingerprint density at radius 2 is 1.60 bits per heavy atom. The summed E-state index contributed by atoms with van der Waals surface area (Å²) in [5.41, 5.74) is 0.162. The van der Waals surface area contributed by atoms with Crippen LogP contribution in [-0.4, -0.2) is 83.3 Å². The van der Waals surface area contributed by atoms with Crippen LogP contribution >= 0.6 is 0 Å². The summed E-state index contributed by atoms with van der Waals surface area (Å²) in [6.45, 7) is 10.4. The zero-order valence-corrected chi connectivity index (χ0v) is 33.7. The van der Waals surface area contributed by atoms with E-state index in [0.29, 0.717) is 48.3 Å². The number of phenols is 1. The van der Waals surface area contributed by atoms with E-state index < -0.39 is 46.8 Å². The van der Waals surface area contributed by atoms with Gasteiger partial charge in [-0.2, -0.15) is 0 Å². The van der Waals surface area contributed by atoms with Crippen LogP contribution in [0.15, 0.2) is 65.3 Å². The lowest BCUT2D eigenvalue weighted by Crippen LogP contribution is -2.62. The van der Waals surface area contributed by atoms with E-state index in [1.165, 1.54) is 10.7 Å². The molecule has 4 N–H and O–H groups in total. The SMILES string of the molecule is CC(C)(C)OC(=O)c1nnn([C@H]2CC(=NOCc3ccccc3)C3=C[C@H](CCCCO)[C@@H](CCCCO)[C@@H]4c5cc(O)ccc5O[C@@]2(O)[C@H]34)c1C(=O)OC(C)(C)C. The third kappa shape index (κ3) is 9.18. The summed E-state index contributed by atoms with van der Waals surface area (Å²) in [6.07, 6.45) is 6.13. The minimum Gasteiger partial charge on any atom is -0.508 e. The predicted molar refractivity (Wildman–Crippen MR) is 210 cm³/mol. The second kappa shape index (κ2) is 17.0. The van der Waals surface area contributed by atoms with Gasteiger partial charge in [-0.25, -0.2) is 14.3 Å². The van der Waals surface area contributed by atoms with Gasteiger partial charge in [0, 0.05) is 31.1 Å². The fourth-order valence-corrected chi connectivity index (χ4v) is 8.46. The van der Waals surface area contributed by atoms with Gasteiger partial charge in [0.2, 0.25) is 11.5 Å². The van der Waals surface area contributed by atoms with E-state index in [4.69, 9.17) is 24.2 Å². The van der Waals surface area contributed by atoms with Crippen LogP contribution < -0.4 is 4.74 Å². The zero-order valence-electron chi connectivity index (χ0n) is 33.7. The predicted octanol–water partition coefficient (Wildman–Crippen LogP) is 6.39. The highest BCUT2D eigenvalue weighted by molar-refractivity contribution is 6.03. The highest BCUT2D eigenvalue weighted by atomic mass is 16.6. The molecule has 3 aliphatic rings. The van der Waals surface area contributed by atoms with Crippen molar-refractivity contribution < 1.29 is 49.1 Å². The number of aliphatic hydroxyl groups is 3. The van der Waals surface area contributed by atoms with Gasteiger partial charge in [-0.1, -0.05) is 59.6 Å². The van der Waals surface area contributed by atoms with E-state index in [0.717, 1.165) is 18.4 Å². The van der Waals surface area contributed by atoms with Crippen LogP contribution in [0.2, 0.25) is 0 Å². The summed E-state index contributed by atoms with van der Waals surface area (Å²) in [7, 11) is 0. The Kier molecular flexibility index (Phi) is 12.5. The molecule has 14 heteroatoms. The van der Waals surface area contributed by atoms with Crippen LogP contribution in [0.3, 0.4) is 0 Å². The first-order valence-corrected chi connectivity index (χ1v) is 19.9. The van der Waals surface area contributed by atoms with E-state index in [-0.39, 0.29) is 55.2 Å². The van der Waals surface area contributed by atoms with E-state index in [2.05, 4.69) is 16.4 Å². The van der Waals surface area contributed by atoms with E-state index in [1.54, 1.807) is 53.7 Å². The number of allylic oxidation sites excluding steroid dienone is 1. The van der Waals surface area contributed by atoms with Gasteiger partial charge in [-0.15, -0.1) is 5.10 Å². The molecule has 57 heavy (non-hydrogen) atoms. The molecular formula is C43H56N4O10. The van der Waals surface area contributed by atoms with E-state index in [1.807, 2.05) is 30.3 Å². The average Bonchev–Trinajstić information content (AvgIpc) is 3.58. The Balaban J connectivity index is 1.57. The van der Waals surface area contributed by atoms with Crippen LogP contribution in [0.25, 0.3) is 0 Å². The number of phenolic OH excluding ortho intramolecular Hbond substituents is 1. The van der Waals surface area contributed by atoms with Crippen molar-refractivity contribution in [2.24, 2.45) is 22.9 Å². The quantitative estimate of drug-likeness (QED) is 0.0800.